The number of anilines is 2. The van der Waals surface area contributed by atoms with Crippen LogP contribution in [0, 0.1) is 0 Å². The van der Waals surface area contributed by atoms with Crippen molar-refractivity contribution in [2.75, 3.05) is 30.4 Å². The Balaban J connectivity index is 1.61. The summed E-state index contributed by atoms with van der Waals surface area (Å²) >= 11 is 0. The maximum absolute atomic E-state index is 12.1. The average molecular weight is 326 g/mol. The number of carbonyl (C=O) groups excluding carboxylic acids is 1. The number of pyridine rings is 1. The third kappa shape index (κ3) is 3.42. The van der Waals surface area contributed by atoms with Crippen LogP contribution < -0.4 is 21.1 Å². The standard InChI is InChI=1S/C18H22N4O2/c1-21-10-9-13(15-5-3-4-6-16(15)21)11-19-18(24)20-14-7-8-17(23)22(2)12-14/h3-8,12-13H,9-11H2,1-2H3,(H2,19,20,24)/t13-/m0/s1. The Labute approximate surface area is 141 Å². The zero-order valence-electron chi connectivity index (χ0n) is 14.0. The van der Waals surface area contributed by atoms with E-state index in [0.717, 1.165) is 13.0 Å². The van der Waals surface area contributed by atoms with Crippen LogP contribution in [0.4, 0.5) is 16.2 Å². The number of hydrogen-bond acceptors (Lipinski definition) is 3. The first-order chi connectivity index (χ1) is 11.5. The van der Waals surface area contributed by atoms with Crippen molar-refractivity contribution in [2.24, 2.45) is 7.05 Å². The van der Waals surface area contributed by atoms with E-state index in [1.165, 1.54) is 21.9 Å². The van der Waals surface area contributed by atoms with Gasteiger partial charge in [0, 0.05) is 51.1 Å². The van der Waals surface area contributed by atoms with Crippen LogP contribution in [0.15, 0.2) is 47.4 Å². The Morgan fingerprint density at radius 2 is 2.00 bits per heavy atom. The first kappa shape index (κ1) is 16.1. The monoisotopic (exact) mass is 326 g/mol. The van der Waals surface area contributed by atoms with Crippen molar-refractivity contribution in [3.63, 3.8) is 0 Å². The van der Waals surface area contributed by atoms with Crippen molar-refractivity contribution in [3.8, 4) is 0 Å². The lowest BCUT2D eigenvalue weighted by Gasteiger charge is -2.33. The number of urea groups is 1. The number of nitrogens with one attached hydrogen (secondary N) is 2. The molecule has 0 saturated carbocycles. The maximum Gasteiger partial charge on any atom is 0.319 e. The van der Waals surface area contributed by atoms with Gasteiger partial charge in [-0.2, -0.15) is 0 Å². The molecule has 6 nitrogen and oxygen atoms in total. The van der Waals surface area contributed by atoms with Crippen LogP contribution in [0.5, 0.6) is 0 Å². The Kier molecular flexibility index (Phi) is 4.55. The predicted octanol–water partition coefficient (Wildman–Crippen LogP) is 2.13. The van der Waals surface area contributed by atoms with Crippen molar-refractivity contribution in [1.82, 2.24) is 9.88 Å². The van der Waals surface area contributed by atoms with Crippen LogP contribution in [0.1, 0.15) is 17.9 Å². The molecule has 2 N–H and O–H groups in total. The largest absolute Gasteiger partial charge is 0.374 e. The molecular formula is C18H22N4O2. The maximum atomic E-state index is 12.1. The lowest BCUT2D eigenvalue weighted by Crippen LogP contribution is -2.36. The highest BCUT2D eigenvalue weighted by molar-refractivity contribution is 5.89. The van der Waals surface area contributed by atoms with Gasteiger partial charge in [-0.1, -0.05) is 18.2 Å². The minimum atomic E-state index is -0.259. The molecule has 0 fully saturated rings. The molecule has 6 heteroatoms. The second kappa shape index (κ2) is 6.78. The van der Waals surface area contributed by atoms with Gasteiger partial charge in [0.2, 0.25) is 5.56 Å². The first-order valence-corrected chi connectivity index (χ1v) is 8.06. The molecule has 0 spiro atoms. The highest BCUT2D eigenvalue weighted by Crippen LogP contribution is 2.33. The van der Waals surface area contributed by atoms with E-state index < -0.39 is 0 Å². The third-order valence-corrected chi connectivity index (χ3v) is 4.45. The van der Waals surface area contributed by atoms with Crippen LogP contribution in [0.25, 0.3) is 0 Å². The minimum Gasteiger partial charge on any atom is -0.374 e. The molecular weight excluding hydrogens is 304 g/mol. The topological polar surface area (TPSA) is 66.4 Å². The van der Waals surface area contributed by atoms with Gasteiger partial charge in [0.25, 0.3) is 0 Å². The lowest BCUT2D eigenvalue weighted by molar-refractivity contribution is 0.251. The summed E-state index contributed by atoms with van der Waals surface area (Å²) in [7, 11) is 3.75. The quantitative estimate of drug-likeness (QED) is 0.908. The molecule has 0 unspecified atom stereocenters. The number of fused-ring (bicyclic) bond motifs is 1. The molecule has 0 saturated heterocycles. The van der Waals surface area contributed by atoms with Crippen LogP contribution in [0.2, 0.25) is 0 Å². The Bertz CT molecular complexity index is 800. The predicted molar refractivity (Wildman–Crippen MR) is 95.8 cm³/mol. The number of para-hydroxylation sites is 1. The fourth-order valence-corrected chi connectivity index (χ4v) is 3.08. The van der Waals surface area contributed by atoms with E-state index in [-0.39, 0.29) is 11.6 Å². The summed E-state index contributed by atoms with van der Waals surface area (Å²) in [6.07, 6.45) is 2.61. The molecule has 24 heavy (non-hydrogen) atoms. The number of carbonyl (C=O) groups is 1. The average Bonchev–Trinajstić information content (AvgIpc) is 2.58. The molecule has 2 amide bonds. The Morgan fingerprint density at radius 3 is 2.79 bits per heavy atom. The van der Waals surface area contributed by atoms with Gasteiger partial charge in [-0.25, -0.2) is 4.79 Å². The van der Waals surface area contributed by atoms with Crippen molar-refractivity contribution in [2.45, 2.75) is 12.3 Å². The van der Waals surface area contributed by atoms with E-state index in [4.69, 9.17) is 0 Å². The number of rotatable bonds is 3. The molecule has 0 aliphatic carbocycles. The van der Waals surface area contributed by atoms with Crippen LogP contribution >= 0.6 is 0 Å². The van der Waals surface area contributed by atoms with Crippen molar-refractivity contribution >= 4 is 17.4 Å². The molecule has 3 rings (SSSR count). The summed E-state index contributed by atoms with van der Waals surface area (Å²) in [6, 6.07) is 11.1. The van der Waals surface area contributed by atoms with E-state index in [0.29, 0.717) is 18.2 Å². The molecule has 2 aromatic rings. The lowest BCUT2D eigenvalue weighted by atomic mass is 9.90. The van der Waals surface area contributed by atoms with Gasteiger partial charge in [-0.05, 0) is 24.1 Å². The van der Waals surface area contributed by atoms with E-state index in [1.807, 2.05) is 12.1 Å². The van der Waals surface area contributed by atoms with Crippen molar-refractivity contribution < 1.29 is 4.79 Å². The molecule has 1 atom stereocenters. The Hall–Kier alpha value is -2.76. The second-order valence-corrected chi connectivity index (χ2v) is 6.17. The number of benzene rings is 1. The normalized spacial score (nSPS) is 16.4. The number of hydrogen-bond donors (Lipinski definition) is 2. The SMILES string of the molecule is CN1CC[C@@H](CNC(=O)Nc2ccc(=O)n(C)c2)c2ccccc21. The number of aryl methyl sites for hydroxylation is 1. The summed E-state index contributed by atoms with van der Waals surface area (Å²) in [5.74, 6) is 0.309. The van der Waals surface area contributed by atoms with Crippen molar-refractivity contribution in [1.29, 1.82) is 0 Å². The molecule has 0 radical (unpaired) electrons. The summed E-state index contributed by atoms with van der Waals surface area (Å²) in [4.78, 5) is 25.7. The van der Waals surface area contributed by atoms with E-state index in [9.17, 15) is 9.59 Å². The summed E-state index contributed by atoms with van der Waals surface area (Å²) < 4.78 is 1.43. The van der Waals surface area contributed by atoms with Crippen LogP contribution in [-0.4, -0.2) is 30.7 Å². The molecule has 1 aliphatic heterocycles. The van der Waals surface area contributed by atoms with Gasteiger partial charge in [-0.15, -0.1) is 0 Å². The highest BCUT2D eigenvalue weighted by atomic mass is 16.2. The summed E-state index contributed by atoms with van der Waals surface area (Å²) in [5.41, 5.74) is 2.99. The third-order valence-electron chi connectivity index (χ3n) is 4.45. The minimum absolute atomic E-state index is 0.108. The summed E-state index contributed by atoms with van der Waals surface area (Å²) in [5, 5.41) is 5.70. The van der Waals surface area contributed by atoms with Gasteiger partial charge in [0.1, 0.15) is 0 Å². The van der Waals surface area contributed by atoms with E-state index >= 15 is 0 Å². The smallest absolute Gasteiger partial charge is 0.319 e. The van der Waals surface area contributed by atoms with Crippen molar-refractivity contribution in [3.05, 3.63) is 58.5 Å². The number of nitrogens with zero attached hydrogens (tertiary/aromatic N) is 2. The zero-order chi connectivity index (χ0) is 17.1. The van der Waals surface area contributed by atoms with E-state index in [1.54, 1.807) is 19.3 Å². The summed E-state index contributed by atoms with van der Waals surface area (Å²) in [6.45, 7) is 1.56. The molecule has 1 aliphatic rings. The number of aromatic nitrogens is 1. The first-order valence-electron chi connectivity index (χ1n) is 8.06. The van der Waals surface area contributed by atoms with Gasteiger partial charge in [0.05, 0.1) is 5.69 Å². The van der Waals surface area contributed by atoms with E-state index in [2.05, 4.69) is 34.7 Å². The molecule has 2 heterocycles. The van der Waals surface area contributed by atoms with Gasteiger partial charge < -0.3 is 20.1 Å². The molecule has 0 bridgehead atoms. The zero-order valence-corrected chi connectivity index (χ0v) is 14.0. The second-order valence-electron chi connectivity index (χ2n) is 6.17. The molecule has 1 aromatic heterocycles. The highest BCUT2D eigenvalue weighted by Gasteiger charge is 2.23. The number of amides is 2. The van der Waals surface area contributed by atoms with Gasteiger partial charge >= 0.3 is 6.03 Å². The fourth-order valence-electron chi connectivity index (χ4n) is 3.08. The van der Waals surface area contributed by atoms with Gasteiger partial charge in [-0.3, -0.25) is 4.79 Å². The molecule has 1 aromatic carbocycles. The van der Waals surface area contributed by atoms with Crippen LogP contribution in [-0.2, 0) is 7.05 Å². The van der Waals surface area contributed by atoms with Crippen LogP contribution in [0.3, 0.4) is 0 Å². The fraction of sp³-hybridized carbons (Fsp3) is 0.333. The molecule has 126 valence electrons. The van der Waals surface area contributed by atoms with Gasteiger partial charge in [0.15, 0.2) is 0 Å². The Morgan fingerprint density at radius 1 is 1.21 bits per heavy atom.